The maximum Gasteiger partial charge on any atom is 0.261 e. The van der Waals surface area contributed by atoms with Gasteiger partial charge in [0.15, 0.2) is 0 Å². The van der Waals surface area contributed by atoms with Crippen LogP contribution in [0, 0.1) is 47.1 Å². The fourth-order valence-corrected chi connectivity index (χ4v) is 10.4. The lowest BCUT2D eigenvalue weighted by atomic mass is 9.82. The summed E-state index contributed by atoms with van der Waals surface area (Å²) < 4.78 is 29.9. The normalized spacial score (nSPS) is 26.8. The zero-order valence-corrected chi connectivity index (χ0v) is 36.2. The summed E-state index contributed by atoms with van der Waals surface area (Å²) in [6.45, 7) is 8.33. The van der Waals surface area contributed by atoms with Crippen molar-refractivity contribution in [3.05, 3.63) is 92.2 Å². The van der Waals surface area contributed by atoms with E-state index in [0.29, 0.717) is 59.0 Å². The number of nitrogens with one attached hydrogen (secondary N) is 2. The molecule has 8 rings (SSSR count). The average Bonchev–Trinajstić information content (AvgIpc) is 4.02. The first-order valence-electron chi connectivity index (χ1n) is 20.6. The molecule has 60 heavy (non-hydrogen) atoms. The molecule has 16 heteroatoms. The molecule has 8 unspecified atom stereocenters. The smallest absolute Gasteiger partial charge is 0.261 e. The summed E-state index contributed by atoms with van der Waals surface area (Å²) in [7, 11) is 3.42. The van der Waals surface area contributed by atoms with Gasteiger partial charge in [0.1, 0.15) is 34.4 Å². The van der Waals surface area contributed by atoms with E-state index in [2.05, 4.69) is 40.8 Å². The summed E-state index contributed by atoms with van der Waals surface area (Å²) in [5.41, 5.74) is 15.6. The number of fused-ring (bicyclic) bond motifs is 2. The highest BCUT2D eigenvalue weighted by Gasteiger charge is 2.57. The predicted octanol–water partition coefficient (Wildman–Crippen LogP) is 8.45. The number of nitrogens with two attached hydrogens (primary N) is 2. The van der Waals surface area contributed by atoms with Crippen LogP contribution in [0.2, 0.25) is 10.0 Å². The van der Waals surface area contributed by atoms with Crippen LogP contribution >= 0.6 is 23.2 Å². The summed E-state index contributed by atoms with van der Waals surface area (Å²) in [6.07, 6.45) is 6.64. The first-order valence-corrected chi connectivity index (χ1v) is 21.3. The molecule has 2 heterocycles. The standard InChI is InChI=1S/C22H28ClFN4O3.C22H26ClFN4O/c1-10(2)22(31)9-12-6-11(7-14(12)19(22)29)18-17(20(25)28(3)27-18)21(30)26-13-4-5-16(24)15(23)8-13;1-11(2)12-6-13-8-15(9-14(13)7-12)20-19(21(25)28(3)27-20)22(29)26-16-4-5-18(24)17(23)10-16/h4-5,8,10-12,14,19,29,31H,6-7,9,25H2,1-3H3,(H,26,30);4-6,10-11,13-15H,7-9,25H2,1-3H3,(H,26,29). The third-order valence-electron chi connectivity index (χ3n) is 13.5. The molecular weight excluding hydrogens is 813 g/mol. The van der Waals surface area contributed by atoms with E-state index in [-0.39, 0.29) is 56.9 Å². The number of amides is 2. The number of nitrogens with zero attached hydrogens (tertiary/aromatic N) is 4. The molecule has 3 fully saturated rings. The minimum Gasteiger partial charge on any atom is -0.390 e. The van der Waals surface area contributed by atoms with Crippen molar-refractivity contribution in [1.82, 2.24) is 19.6 Å². The Balaban J connectivity index is 0.000000182. The molecule has 0 spiro atoms. The lowest BCUT2D eigenvalue weighted by molar-refractivity contribution is -0.0980. The van der Waals surface area contributed by atoms with Gasteiger partial charge >= 0.3 is 0 Å². The Morgan fingerprint density at radius 3 is 1.73 bits per heavy atom. The third kappa shape index (κ3) is 8.15. The van der Waals surface area contributed by atoms with Crippen LogP contribution in [-0.2, 0) is 14.1 Å². The molecule has 4 aliphatic rings. The quantitative estimate of drug-likeness (QED) is 0.0953. The van der Waals surface area contributed by atoms with Gasteiger partial charge in [-0.05, 0) is 110 Å². The van der Waals surface area contributed by atoms with Crippen LogP contribution < -0.4 is 22.1 Å². The largest absolute Gasteiger partial charge is 0.390 e. The third-order valence-corrected chi connectivity index (χ3v) is 14.1. The number of hydrogen-bond acceptors (Lipinski definition) is 8. The van der Waals surface area contributed by atoms with Crippen LogP contribution in [0.5, 0.6) is 0 Å². The van der Waals surface area contributed by atoms with Crippen molar-refractivity contribution in [2.75, 3.05) is 22.1 Å². The maximum atomic E-state index is 13.4. The summed E-state index contributed by atoms with van der Waals surface area (Å²) in [5.74, 6) is 0.653. The summed E-state index contributed by atoms with van der Waals surface area (Å²) in [5, 5.41) is 36.2. The molecule has 0 radical (unpaired) electrons. The second-order valence-corrected chi connectivity index (χ2v) is 18.6. The maximum absolute atomic E-state index is 13.4. The van der Waals surface area contributed by atoms with Crippen LogP contribution in [0.4, 0.5) is 31.8 Å². The molecular formula is C44H54Cl2F2N8O4. The van der Waals surface area contributed by atoms with Gasteiger partial charge in [-0.15, -0.1) is 0 Å². The number of nitrogen functional groups attached to an aromatic ring is 2. The molecule has 4 aromatic rings. The Labute approximate surface area is 358 Å². The van der Waals surface area contributed by atoms with Gasteiger partial charge in [0.2, 0.25) is 0 Å². The Morgan fingerprint density at radius 1 is 0.817 bits per heavy atom. The lowest BCUT2D eigenvalue weighted by Crippen LogP contribution is -2.44. The zero-order chi connectivity index (χ0) is 43.5. The van der Waals surface area contributed by atoms with Crippen molar-refractivity contribution >= 4 is 58.0 Å². The number of aryl methyl sites for hydroxylation is 2. The van der Waals surface area contributed by atoms with E-state index >= 15 is 0 Å². The number of aliphatic hydroxyl groups excluding tert-OH is 1. The molecule has 8 N–H and O–H groups in total. The van der Waals surface area contributed by atoms with Crippen LogP contribution in [-0.4, -0.2) is 53.3 Å². The van der Waals surface area contributed by atoms with Crippen LogP contribution in [0.15, 0.2) is 48.0 Å². The molecule has 12 nitrogen and oxygen atoms in total. The number of aliphatic hydroxyl groups is 2. The minimum absolute atomic E-state index is 0.0408. The summed E-state index contributed by atoms with van der Waals surface area (Å²) in [4.78, 5) is 26.1. The average molecular weight is 868 g/mol. The van der Waals surface area contributed by atoms with Gasteiger partial charge in [-0.3, -0.25) is 19.0 Å². The van der Waals surface area contributed by atoms with E-state index in [1.807, 2.05) is 13.8 Å². The highest BCUT2D eigenvalue weighted by atomic mass is 35.5. The van der Waals surface area contributed by atoms with E-state index in [1.165, 1.54) is 41.1 Å². The number of rotatable bonds is 8. The van der Waals surface area contributed by atoms with Gasteiger partial charge in [0, 0.05) is 37.3 Å². The topological polar surface area (TPSA) is 186 Å². The molecule has 2 amide bonds. The monoisotopic (exact) mass is 866 g/mol. The molecule has 3 saturated carbocycles. The molecule has 8 atom stereocenters. The second kappa shape index (κ2) is 16.8. The van der Waals surface area contributed by atoms with Gasteiger partial charge in [0.05, 0.1) is 33.1 Å². The number of carbonyl (C=O) groups is 2. The van der Waals surface area contributed by atoms with E-state index in [4.69, 9.17) is 34.7 Å². The fraction of sp³-hybridized carbons (Fsp3) is 0.500. The fourth-order valence-electron chi connectivity index (χ4n) is 10.1. The predicted molar refractivity (Wildman–Crippen MR) is 230 cm³/mol. The number of halogens is 4. The van der Waals surface area contributed by atoms with Gasteiger partial charge in [-0.1, -0.05) is 62.5 Å². The van der Waals surface area contributed by atoms with E-state index in [9.17, 15) is 28.6 Å². The van der Waals surface area contributed by atoms with Crippen molar-refractivity contribution in [2.45, 2.75) is 89.8 Å². The molecule has 0 saturated heterocycles. The molecule has 2 aromatic heterocycles. The van der Waals surface area contributed by atoms with Gasteiger partial charge in [-0.25, -0.2) is 8.78 Å². The zero-order valence-electron chi connectivity index (χ0n) is 34.6. The minimum atomic E-state index is -1.08. The molecule has 322 valence electrons. The van der Waals surface area contributed by atoms with E-state index in [0.717, 1.165) is 31.4 Å². The van der Waals surface area contributed by atoms with Crippen molar-refractivity contribution in [2.24, 2.45) is 49.6 Å². The second-order valence-electron chi connectivity index (χ2n) is 17.8. The summed E-state index contributed by atoms with van der Waals surface area (Å²) >= 11 is 11.6. The first-order chi connectivity index (χ1) is 28.3. The number of carbonyl (C=O) groups excluding carboxylic acids is 2. The summed E-state index contributed by atoms with van der Waals surface area (Å²) in [6, 6.07) is 8.03. The van der Waals surface area contributed by atoms with Gasteiger partial charge in [-0.2, -0.15) is 10.2 Å². The Hall–Kier alpha value is -4.50. The van der Waals surface area contributed by atoms with E-state index < -0.39 is 29.2 Å². The molecule has 0 aliphatic heterocycles. The Morgan fingerprint density at radius 2 is 1.30 bits per heavy atom. The van der Waals surface area contributed by atoms with Gasteiger partial charge < -0.3 is 32.3 Å². The molecule has 4 aliphatic carbocycles. The SMILES string of the molecule is CC(C)C1(O)CC2CC(c3nn(C)c(N)c3C(=O)Nc3ccc(F)c(Cl)c3)CC2C1O.CC(C)C1=CC2CC(c3nn(C)c(N)c3C(=O)Nc3ccc(F)c(Cl)c3)CC2C1. The number of anilines is 4. The van der Waals surface area contributed by atoms with Crippen molar-refractivity contribution in [1.29, 1.82) is 0 Å². The van der Waals surface area contributed by atoms with E-state index in [1.54, 1.807) is 24.4 Å². The van der Waals surface area contributed by atoms with Crippen molar-refractivity contribution < 1.29 is 28.6 Å². The van der Waals surface area contributed by atoms with Crippen molar-refractivity contribution in [3.63, 3.8) is 0 Å². The highest BCUT2D eigenvalue weighted by Crippen LogP contribution is 2.56. The lowest BCUT2D eigenvalue weighted by Gasteiger charge is -2.33. The van der Waals surface area contributed by atoms with Crippen LogP contribution in [0.1, 0.15) is 110 Å². The molecule has 2 aromatic carbocycles. The van der Waals surface area contributed by atoms with Crippen molar-refractivity contribution in [3.8, 4) is 0 Å². The first kappa shape index (κ1) is 43.6. The van der Waals surface area contributed by atoms with Crippen LogP contribution in [0.25, 0.3) is 0 Å². The number of hydrogen-bond donors (Lipinski definition) is 6. The number of benzene rings is 2. The van der Waals surface area contributed by atoms with Crippen LogP contribution in [0.3, 0.4) is 0 Å². The highest BCUT2D eigenvalue weighted by molar-refractivity contribution is 6.31. The number of allylic oxidation sites excluding steroid dienone is 2. The Kier molecular flexibility index (Phi) is 12.2. The van der Waals surface area contributed by atoms with Gasteiger partial charge in [0.25, 0.3) is 11.8 Å². The Bertz CT molecular complexity index is 2350. The number of aromatic nitrogens is 4. The molecule has 0 bridgehead atoms.